The van der Waals surface area contributed by atoms with Crippen molar-refractivity contribution in [2.45, 2.75) is 13.3 Å². The number of benzene rings is 2. The zero-order chi connectivity index (χ0) is 22.4. The minimum atomic E-state index is -1.68. The van der Waals surface area contributed by atoms with Crippen molar-refractivity contribution in [2.24, 2.45) is 0 Å². The van der Waals surface area contributed by atoms with Gasteiger partial charge in [0.15, 0.2) is 35.6 Å². The standard InChI is InChI=1S/C22H23F3N2O4/c1-2-30-17-6-3-4-7-18(17)31-14-19(28)26-10-5-11-27(13-12-26)22(29)15-8-9-16(23)21(25)20(15)24/h3-4,6-9H,2,5,10-14H2,1H3. The van der Waals surface area contributed by atoms with Crippen molar-refractivity contribution in [3.8, 4) is 11.5 Å². The quantitative estimate of drug-likeness (QED) is 0.653. The molecule has 0 spiro atoms. The van der Waals surface area contributed by atoms with Crippen LogP contribution in [0.3, 0.4) is 0 Å². The number of ether oxygens (including phenoxy) is 2. The molecule has 0 radical (unpaired) electrons. The Balaban J connectivity index is 1.59. The topological polar surface area (TPSA) is 59.1 Å². The molecule has 1 aliphatic rings. The van der Waals surface area contributed by atoms with Gasteiger partial charge in [-0.1, -0.05) is 12.1 Å². The molecule has 1 saturated heterocycles. The smallest absolute Gasteiger partial charge is 0.260 e. The van der Waals surface area contributed by atoms with Crippen LogP contribution in [0, 0.1) is 17.5 Å². The molecule has 3 rings (SSSR count). The Morgan fingerprint density at radius 1 is 0.871 bits per heavy atom. The third-order valence-electron chi connectivity index (χ3n) is 4.90. The van der Waals surface area contributed by atoms with Gasteiger partial charge in [0.25, 0.3) is 11.8 Å². The monoisotopic (exact) mass is 436 g/mol. The molecule has 0 aromatic heterocycles. The van der Waals surface area contributed by atoms with Gasteiger partial charge in [-0.3, -0.25) is 9.59 Å². The summed E-state index contributed by atoms with van der Waals surface area (Å²) in [5.74, 6) is -4.55. The first-order valence-electron chi connectivity index (χ1n) is 9.97. The van der Waals surface area contributed by atoms with Crippen LogP contribution in [0.15, 0.2) is 36.4 Å². The van der Waals surface area contributed by atoms with E-state index >= 15 is 0 Å². The Kier molecular flexibility index (Phi) is 7.38. The van der Waals surface area contributed by atoms with Gasteiger partial charge in [-0.25, -0.2) is 13.2 Å². The zero-order valence-corrected chi connectivity index (χ0v) is 17.1. The fourth-order valence-electron chi connectivity index (χ4n) is 3.31. The van der Waals surface area contributed by atoms with Crippen LogP contribution in [0.2, 0.25) is 0 Å². The van der Waals surface area contributed by atoms with Crippen molar-refractivity contribution in [3.05, 3.63) is 59.4 Å². The molecule has 0 saturated carbocycles. The van der Waals surface area contributed by atoms with Crippen LogP contribution in [-0.4, -0.2) is 61.0 Å². The van der Waals surface area contributed by atoms with Crippen LogP contribution in [0.5, 0.6) is 11.5 Å². The second kappa shape index (κ2) is 10.2. The molecule has 1 fully saturated rings. The lowest BCUT2D eigenvalue weighted by Gasteiger charge is -2.22. The summed E-state index contributed by atoms with van der Waals surface area (Å²) in [6.07, 6.45) is 0.457. The summed E-state index contributed by atoms with van der Waals surface area (Å²) in [6, 6.07) is 8.67. The third-order valence-corrected chi connectivity index (χ3v) is 4.90. The van der Waals surface area contributed by atoms with Crippen molar-refractivity contribution >= 4 is 11.8 Å². The highest BCUT2D eigenvalue weighted by molar-refractivity contribution is 5.94. The van der Waals surface area contributed by atoms with E-state index in [2.05, 4.69) is 0 Å². The fraction of sp³-hybridized carbons (Fsp3) is 0.364. The number of carbonyl (C=O) groups excluding carboxylic acids is 2. The molecule has 0 atom stereocenters. The molecule has 0 N–H and O–H groups in total. The summed E-state index contributed by atoms with van der Waals surface area (Å²) in [5, 5.41) is 0. The summed E-state index contributed by atoms with van der Waals surface area (Å²) in [4.78, 5) is 28.0. The molecule has 9 heteroatoms. The summed E-state index contributed by atoms with van der Waals surface area (Å²) < 4.78 is 51.6. The van der Waals surface area contributed by atoms with Crippen molar-refractivity contribution < 1.29 is 32.2 Å². The summed E-state index contributed by atoms with van der Waals surface area (Å²) in [5.41, 5.74) is -0.533. The minimum absolute atomic E-state index is 0.137. The lowest BCUT2D eigenvalue weighted by Crippen LogP contribution is -2.39. The van der Waals surface area contributed by atoms with Crippen molar-refractivity contribution in [2.75, 3.05) is 39.4 Å². The molecule has 31 heavy (non-hydrogen) atoms. The van der Waals surface area contributed by atoms with Crippen LogP contribution in [0.1, 0.15) is 23.7 Å². The maximum atomic E-state index is 14.0. The van der Waals surface area contributed by atoms with Crippen LogP contribution in [-0.2, 0) is 4.79 Å². The second-order valence-corrected chi connectivity index (χ2v) is 6.92. The molecular weight excluding hydrogens is 413 g/mol. The fourth-order valence-corrected chi connectivity index (χ4v) is 3.31. The van der Waals surface area contributed by atoms with E-state index in [1.54, 1.807) is 29.2 Å². The Hall–Kier alpha value is -3.23. The molecule has 166 valence electrons. The first-order valence-corrected chi connectivity index (χ1v) is 9.97. The van der Waals surface area contributed by atoms with Gasteiger partial charge in [0.2, 0.25) is 0 Å². The van der Waals surface area contributed by atoms with Gasteiger partial charge >= 0.3 is 0 Å². The van der Waals surface area contributed by atoms with Crippen LogP contribution in [0.4, 0.5) is 13.2 Å². The van der Waals surface area contributed by atoms with Crippen LogP contribution >= 0.6 is 0 Å². The van der Waals surface area contributed by atoms with Gasteiger partial charge < -0.3 is 19.3 Å². The number of halogens is 3. The number of hydrogen-bond donors (Lipinski definition) is 0. The molecule has 0 aliphatic carbocycles. The van der Waals surface area contributed by atoms with Crippen molar-refractivity contribution in [1.29, 1.82) is 0 Å². The molecule has 2 aromatic carbocycles. The van der Waals surface area contributed by atoms with Crippen LogP contribution in [0.25, 0.3) is 0 Å². The highest BCUT2D eigenvalue weighted by Crippen LogP contribution is 2.26. The Morgan fingerprint density at radius 2 is 1.52 bits per heavy atom. The van der Waals surface area contributed by atoms with Crippen molar-refractivity contribution in [3.63, 3.8) is 0 Å². The van der Waals surface area contributed by atoms with Crippen molar-refractivity contribution in [1.82, 2.24) is 9.80 Å². The van der Waals surface area contributed by atoms with Crippen LogP contribution < -0.4 is 9.47 Å². The molecule has 2 aromatic rings. The second-order valence-electron chi connectivity index (χ2n) is 6.92. The number of nitrogens with zero attached hydrogens (tertiary/aromatic N) is 2. The average molecular weight is 436 g/mol. The summed E-state index contributed by atoms with van der Waals surface area (Å²) >= 11 is 0. The van der Waals surface area contributed by atoms with E-state index in [1.165, 1.54) is 4.90 Å². The summed E-state index contributed by atoms with van der Waals surface area (Å²) in [6.45, 7) is 3.11. The van der Waals surface area contributed by atoms with E-state index in [0.717, 1.165) is 12.1 Å². The maximum absolute atomic E-state index is 14.0. The number of hydrogen-bond acceptors (Lipinski definition) is 4. The van der Waals surface area contributed by atoms with Gasteiger partial charge in [0, 0.05) is 26.2 Å². The highest BCUT2D eigenvalue weighted by atomic mass is 19.2. The Bertz CT molecular complexity index is 954. The number of carbonyl (C=O) groups is 2. The lowest BCUT2D eigenvalue weighted by molar-refractivity contribution is -0.133. The highest BCUT2D eigenvalue weighted by Gasteiger charge is 2.26. The Morgan fingerprint density at radius 3 is 2.23 bits per heavy atom. The van der Waals surface area contributed by atoms with Gasteiger partial charge in [-0.15, -0.1) is 0 Å². The van der Waals surface area contributed by atoms with E-state index in [1.807, 2.05) is 6.92 Å². The molecule has 0 unspecified atom stereocenters. The number of amides is 2. The number of para-hydroxylation sites is 2. The maximum Gasteiger partial charge on any atom is 0.260 e. The third kappa shape index (κ3) is 5.28. The molecule has 6 nitrogen and oxygen atoms in total. The SMILES string of the molecule is CCOc1ccccc1OCC(=O)N1CCCN(C(=O)c2ccc(F)c(F)c2F)CC1. The van der Waals surface area contributed by atoms with Gasteiger partial charge in [-0.05, 0) is 37.6 Å². The average Bonchev–Trinajstić information content (AvgIpc) is 3.03. The van der Waals surface area contributed by atoms with Gasteiger partial charge in [0.05, 0.1) is 12.2 Å². The minimum Gasteiger partial charge on any atom is -0.490 e. The predicted octanol–water partition coefficient (Wildman–Crippen LogP) is 3.26. The number of rotatable bonds is 6. The van der Waals surface area contributed by atoms with Gasteiger partial charge in [-0.2, -0.15) is 0 Å². The largest absolute Gasteiger partial charge is 0.490 e. The summed E-state index contributed by atoms with van der Waals surface area (Å²) in [7, 11) is 0. The first-order chi connectivity index (χ1) is 14.9. The lowest BCUT2D eigenvalue weighted by atomic mass is 10.1. The molecular formula is C22H23F3N2O4. The van der Waals surface area contributed by atoms with Gasteiger partial charge in [0.1, 0.15) is 0 Å². The van der Waals surface area contributed by atoms with E-state index in [4.69, 9.17) is 9.47 Å². The van der Waals surface area contributed by atoms with E-state index < -0.39 is 28.9 Å². The normalized spacial score (nSPS) is 14.2. The molecule has 2 amide bonds. The first kappa shape index (κ1) is 22.5. The zero-order valence-electron chi connectivity index (χ0n) is 17.1. The predicted molar refractivity (Wildman–Crippen MR) is 107 cm³/mol. The van der Waals surface area contributed by atoms with E-state index in [9.17, 15) is 22.8 Å². The van der Waals surface area contributed by atoms with E-state index in [0.29, 0.717) is 31.1 Å². The Labute approximate surface area is 178 Å². The molecule has 1 heterocycles. The van der Waals surface area contributed by atoms with E-state index in [-0.39, 0.29) is 32.1 Å². The molecule has 1 aliphatic heterocycles. The molecule has 0 bridgehead atoms.